The van der Waals surface area contributed by atoms with E-state index in [9.17, 15) is 9.59 Å². The van der Waals surface area contributed by atoms with E-state index in [-0.39, 0.29) is 18.5 Å². The zero-order chi connectivity index (χ0) is 36.4. The van der Waals surface area contributed by atoms with Crippen molar-refractivity contribution in [1.82, 2.24) is 0 Å². The molecule has 0 fully saturated rings. The van der Waals surface area contributed by atoms with Crippen LogP contribution in [0.25, 0.3) is 0 Å². The Morgan fingerprint density at radius 2 is 0.780 bits per heavy atom. The summed E-state index contributed by atoms with van der Waals surface area (Å²) in [5.74, 6) is -0.772. The van der Waals surface area contributed by atoms with Crippen LogP contribution in [0, 0.1) is 0 Å². The third kappa shape index (κ3) is 40.3. The van der Waals surface area contributed by atoms with Gasteiger partial charge in [-0.25, -0.2) is 0 Å². The topological polar surface area (TPSA) is 63.6 Å². The van der Waals surface area contributed by atoms with E-state index in [2.05, 4.69) is 62.5 Å². The summed E-state index contributed by atoms with van der Waals surface area (Å²) in [4.78, 5) is 23.5. The molecule has 0 amide bonds. The lowest BCUT2D eigenvalue weighted by Gasteiger charge is -2.18. The maximum atomic E-state index is 12.6. The molecule has 0 aliphatic rings. The molecule has 290 valence electrons. The number of esters is 1. The standard InChI is InChI=1S/C46H82O4/c1-3-5-7-9-11-13-15-17-18-19-20-21-22-23-24-26-28-30-32-34-39-43-46(49)50-44(41-37-35-38-42-45(47)48)40-36-33-31-29-27-25-16-14-12-10-8-6-4-2/h11,13,17-18,20-21,23-24,44H,3-10,12,14-16,19,22,25-43H2,1-2H3,(H,47,48)/b13-11-,18-17-,21-20-,24-23-. The second-order valence-corrected chi connectivity index (χ2v) is 14.5. The van der Waals surface area contributed by atoms with E-state index in [1.807, 2.05) is 0 Å². The Morgan fingerprint density at radius 1 is 0.440 bits per heavy atom. The maximum absolute atomic E-state index is 12.6. The molecule has 0 rings (SSSR count). The van der Waals surface area contributed by atoms with Gasteiger partial charge < -0.3 is 9.84 Å². The van der Waals surface area contributed by atoms with Crippen LogP contribution < -0.4 is 0 Å². The second-order valence-electron chi connectivity index (χ2n) is 14.5. The van der Waals surface area contributed by atoms with E-state index >= 15 is 0 Å². The van der Waals surface area contributed by atoms with Gasteiger partial charge in [0.05, 0.1) is 0 Å². The Balaban J connectivity index is 3.95. The molecule has 0 bridgehead atoms. The average Bonchev–Trinajstić information content (AvgIpc) is 3.10. The Labute approximate surface area is 311 Å². The molecule has 4 nitrogen and oxygen atoms in total. The van der Waals surface area contributed by atoms with Crippen LogP contribution in [0.15, 0.2) is 48.6 Å². The molecule has 0 aromatic heterocycles. The number of carbonyl (C=O) groups is 2. The Morgan fingerprint density at radius 3 is 1.26 bits per heavy atom. The number of rotatable bonds is 39. The first-order valence-corrected chi connectivity index (χ1v) is 21.6. The van der Waals surface area contributed by atoms with Gasteiger partial charge in [0.2, 0.25) is 0 Å². The van der Waals surface area contributed by atoms with Crippen LogP contribution in [-0.4, -0.2) is 23.1 Å². The summed E-state index contributed by atoms with van der Waals surface area (Å²) in [6, 6.07) is 0. The van der Waals surface area contributed by atoms with E-state index in [0.717, 1.165) is 70.6 Å². The first kappa shape index (κ1) is 47.9. The van der Waals surface area contributed by atoms with Crippen LogP contribution >= 0.6 is 0 Å². The number of aliphatic carboxylic acids is 1. The Hall–Kier alpha value is -2.10. The Bertz CT molecular complexity index is 839. The largest absolute Gasteiger partial charge is 0.481 e. The first-order valence-electron chi connectivity index (χ1n) is 21.6. The molecule has 1 unspecified atom stereocenters. The van der Waals surface area contributed by atoms with Crippen molar-refractivity contribution in [3.05, 3.63) is 48.6 Å². The van der Waals surface area contributed by atoms with Crippen LogP contribution in [-0.2, 0) is 14.3 Å². The van der Waals surface area contributed by atoms with Gasteiger partial charge in [0.25, 0.3) is 0 Å². The Kier molecular flexibility index (Phi) is 39.6. The van der Waals surface area contributed by atoms with Gasteiger partial charge in [-0.3, -0.25) is 9.59 Å². The van der Waals surface area contributed by atoms with E-state index < -0.39 is 5.97 Å². The number of unbranched alkanes of at least 4 members (excludes halogenated alkanes) is 22. The molecule has 0 aromatic rings. The predicted octanol–water partition coefficient (Wildman–Crippen LogP) is 15.1. The molecular formula is C46H82O4. The highest BCUT2D eigenvalue weighted by Gasteiger charge is 2.14. The van der Waals surface area contributed by atoms with Crippen LogP contribution in [0.5, 0.6) is 0 Å². The van der Waals surface area contributed by atoms with Gasteiger partial charge in [-0.1, -0.05) is 178 Å². The van der Waals surface area contributed by atoms with Crippen LogP contribution in [0.4, 0.5) is 0 Å². The van der Waals surface area contributed by atoms with Crippen molar-refractivity contribution in [3.63, 3.8) is 0 Å². The molecule has 0 radical (unpaired) electrons. The molecule has 1 atom stereocenters. The van der Waals surface area contributed by atoms with Crippen molar-refractivity contribution in [2.24, 2.45) is 0 Å². The van der Waals surface area contributed by atoms with Gasteiger partial charge in [-0.15, -0.1) is 0 Å². The molecule has 0 spiro atoms. The maximum Gasteiger partial charge on any atom is 0.306 e. The summed E-state index contributed by atoms with van der Waals surface area (Å²) in [6.45, 7) is 4.52. The van der Waals surface area contributed by atoms with Crippen molar-refractivity contribution in [2.75, 3.05) is 0 Å². The summed E-state index contributed by atoms with van der Waals surface area (Å²) in [7, 11) is 0. The van der Waals surface area contributed by atoms with E-state index in [4.69, 9.17) is 9.84 Å². The molecule has 1 N–H and O–H groups in total. The molecule has 50 heavy (non-hydrogen) atoms. The summed E-state index contributed by atoms with van der Waals surface area (Å²) in [5.41, 5.74) is 0. The summed E-state index contributed by atoms with van der Waals surface area (Å²) >= 11 is 0. The van der Waals surface area contributed by atoms with Crippen molar-refractivity contribution >= 4 is 11.9 Å². The van der Waals surface area contributed by atoms with Gasteiger partial charge in [0, 0.05) is 12.8 Å². The molecule has 0 aliphatic heterocycles. The minimum Gasteiger partial charge on any atom is -0.481 e. The van der Waals surface area contributed by atoms with Gasteiger partial charge in [-0.2, -0.15) is 0 Å². The minimum absolute atomic E-state index is 0.00883. The number of ether oxygens (including phenoxy) is 1. The van der Waals surface area contributed by atoms with Crippen LogP contribution in [0.1, 0.15) is 226 Å². The van der Waals surface area contributed by atoms with Crippen molar-refractivity contribution in [3.8, 4) is 0 Å². The molecular weight excluding hydrogens is 617 g/mol. The van der Waals surface area contributed by atoms with Gasteiger partial charge in [0.15, 0.2) is 0 Å². The molecule has 0 saturated carbocycles. The van der Waals surface area contributed by atoms with Crippen molar-refractivity contribution in [2.45, 2.75) is 232 Å². The summed E-state index contributed by atoms with van der Waals surface area (Å²) in [5, 5.41) is 8.91. The minimum atomic E-state index is -0.727. The third-order valence-corrected chi connectivity index (χ3v) is 9.55. The highest BCUT2D eigenvalue weighted by Crippen LogP contribution is 2.19. The zero-order valence-electron chi connectivity index (χ0n) is 33.2. The highest BCUT2D eigenvalue weighted by atomic mass is 16.5. The van der Waals surface area contributed by atoms with E-state index in [1.54, 1.807) is 0 Å². The van der Waals surface area contributed by atoms with Gasteiger partial charge >= 0.3 is 11.9 Å². The molecule has 0 aromatic carbocycles. The molecule has 4 heteroatoms. The quantitative estimate of drug-likeness (QED) is 0.0394. The summed E-state index contributed by atoms with van der Waals surface area (Å²) < 4.78 is 5.95. The van der Waals surface area contributed by atoms with E-state index in [0.29, 0.717) is 12.8 Å². The zero-order valence-corrected chi connectivity index (χ0v) is 33.2. The van der Waals surface area contributed by atoms with Crippen molar-refractivity contribution < 1.29 is 19.4 Å². The monoisotopic (exact) mass is 699 g/mol. The van der Waals surface area contributed by atoms with Gasteiger partial charge in [-0.05, 0) is 83.5 Å². The normalized spacial score (nSPS) is 12.7. The van der Waals surface area contributed by atoms with Crippen LogP contribution in [0.3, 0.4) is 0 Å². The first-order chi connectivity index (χ1) is 24.6. The second kappa shape index (κ2) is 41.3. The number of hydrogen-bond acceptors (Lipinski definition) is 3. The highest BCUT2D eigenvalue weighted by molar-refractivity contribution is 5.69. The van der Waals surface area contributed by atoms with Crippen LogP contribution in [0.2, 0.25) is 0 Å². The molecule has 0 saturated heterocycles. The lowest BCUT2D eigenvalue weighted by atomic mass is 10.0. The number of allylic oxidation sites excluding steroid dienone is 8. The fourth-order valence-corrected chi connectivity index (χ4v) is 6.34. The lowest BCUT2D eigenvalue weighted by Crippen LogP contribution is -2.18. The number of carboxylic acids is 1. The number of carbonyl (C=O) groups excluding carboxylic acids is 1. The fraction of sp³-hybridized carbons (Fsp3) is 0.783. The van der Waals surface area contributed by atoms with E-state index in [1.165, 1.54) is 122 Å². The average molecular weight is 699 g/mol. The number of hydrogen-bond donors (Lipinski definition) is 1. The smallest absolute Gasteiger partial charge is 0.306 e. The molecule has 0 heterocycles. The van der Waals surface area contributed by atoms with Crippen molar-refractivity contribution in [1.29, 1.82) is 0 Å². The lowest BCUT2D eigenvalue weighted by molar-refractivity contribution is -0.150. The molecule has 0 aliphatic carbocycles. The predicted molar refractivity (Wildman–Crippen MR) is 218 cm³/mol. The van der Waals surface area contributed by atoms with Gasteiger partial charge in [0.1, 0.15) is 6.10 Å². The number of carboxylic acid groups (broad SMARTS) is 1. The third-order valence-electron chi connectivity index (χ3n) is 9.55. The summed E-state index contributed by atoms with van der Waals surface area (Å²) in [6.07, 6.45) is 55.6. The SMILES string of the molecule is CCCCC/C=C\C/C=C\C/C=C\C/C=C\CCCCCCCC(=O)OC(CCCCCCCCCCCCCCC)CCCCCC(=O)O. The fourth-order valence-electron chi connectivity index (χ4n) is 6.34.